The van der Waals surface area contributed by atoms with Crippen LogP contribution in [0.15, 0.2) is 0 Å². The molecule has 0 saturated carbocycles. The van der Waals surface area contributed by atoms with E-state index in [1.165, 1.54) is 44.9 Å². The van der Waals surface area contributed by atoms with E-state index in [9.17, 15) is 9.59 Å². The summed E-state index contributed by atoms with van der Waals surface area (Å²) in [4.78, 5) is 23.7. The molecule has 2 atom stereocenters. The Hall–Kier alpha value is -1.46. The van der Waals surface area contributed by atoms with Crippen LogP contribution in [0.4, 0.5) is 9.59 Å². The fourth-order valence-corrected chi connectivity index (χ4v) is 3.98. The third kappa shape index (κ3) is 22.7. The fourth-order valence-electron chi connectivity index (χ4n) is 3.98. The molecule has 0 aromatic rings. The molecule has 0 saturated heterocycles. The molecule has 0 spiro atoms. The van der Waals surface area contributed by atoms with E-state index in [0.29, 0.717) is 38.4 Å². The maximum Gasteiger partial charge on any atom is 0.508 e. The fraction of sp³-hybridized carbons (Fsp3) is 0.931. The van der Waals surface area contributed by atoms with Crippen molar-refractivity contribution >= 4 is 12.3 Å². The first-order chi connectivity index (χ1) is 16.9. The van der Waals surface area contributed by atoms with Crippen molar-refractivity contribution in [3.8, 4) is 0 Å². The van der Waals surface area contributed by atoms with Crippen molar-refractivity contribution in [3.63, 3.8) is 0 Å². The first-order valence-corrected chi connectivity index (χ1v) is 14.6. The molecule has 0 rings (SSSR count). The monoisotopic (exact) mass is 500 g/mol. The van der Waals surface area contributed by atoms with Crippen LogP contribution in [0.3, 0.4) is 0 Å². The Bertz CT molecular complexity index is 494. The first-order valence-electron chi connectivity index (χ1n) is 14.6. The highest BCUT2D eigenvalue weighted by Gasteiger charge is 2.16. The molecule has 0 fully saturated rings. The molecule has 0 radical (unpaired) electrons. The van der Waals surface area contributed by atoms with Crippen molar-refractivity contribution in [3.05, 3.63) is 0 Å². The first kappa shape index (κ1) is 33.5. The topological polar surface area (TPSA) is 71.1 Å². The van der Waals surface area contributed by atoms with Crippen LogP contribution >= 0.6 is 0 Å². The summed E-state index contributed by atoms with van der Waals surface area (Å²) in [7, 11) is 0. The second-order valence-corrected chi connectivity index (χ2v) is 10.2. The molecule has 0 bridgehead atoms. The predicted molar refractivity (Wildman–Crippen MR) is 143 cm³/mol. The van der Waals surface area contributed by atoms with Crippen molar-refractivity contribution in [2.75, 3.05) is 19.8 Å². The summed E-state index contributed by atoms with van der Waals surface area (Å²) in [5.41, 5.74) is 0. The van der Waals surface area contributed by atoms with E-state index < -0.39 is 12.3 Å². The summed E-state index contributed by atoms with van der Waals surface area (Å²) in [5.74, 6) is 1.21. The number of ether oxygens (including phenoxy) is 4. The lowest BCUT2D eigenvalue weighted by molar-refractivity contribution is 0.00633. The second-order valence-electron chi connectivity index (χ2n) is 10.2. The Labute approximate surface area is 216 Å². The lowest BCUT2D eigenvalue weighted by Gasteiger charge is -2.18. The van der Waals surface area contributed by atoms with Crippen molar-refractivity contribution in [1.82, 2.24) is 0 Å². The van der Waals surface area contributed by atoms with E-state index in [4.69, 9.17) is 18.9 Å². The molecule has 0 aliphatic rings. The molecule has 0 amide bonds. The molecular weight excluding hydrogens is 444 g/mol. The van der Waals surface area contributed by atoms with Gasteiger partial charge in [-0.1, -0.05) is 105 Å². The van der Waals surface area contributed by atoms with Crippen LogP contribution in [0.5, 0.6) is 0 Å². The third-order valence-corrected chi connectivity index (χ3v) is 6.48. The molecule has 6 nitrogen and oxygen atoms in total. The van der Waals surface area contributed by atoms with E-state index in [-0.39, 0.29) is 12.7 Å². The summed E-state index contributed by atoms with van der Waals surface area (Å²) in [5, 5.41) is 0. The number of unbranched alkanes of at least 4 members (excludes halogenated alkanes) is 8. The average molecular weight is 501 g/mol. The Morgan fingerprint density at radius 2 is 1.20 bits per heavy atom. The minimum Gasteiger partial charge on any atom is -0.434 e. The smallest absolute Gasteiger partial charge is 0.434 e. The highest BCUT2D eigenvalue weighted by Crippen LogP contribution is 2.15. The van der Waals surface area contributed by atoms with Gasteiger partial charge in [0, 0.05) is 0 Å². The molecule has 0 N–H and O–H groups in total. The van der Waals surface area contributed by atoms with E-state index in [1.54, 1.807) is 0 Å². The summed E-state index contributed by atoms with van der Waals surface area (Å²) >= 11 is 0. The van der Waals surface area contributed by atoms with Crippen LogP contribution in [-0.2, 0) is 18.9 Å². The zero-order valence-corrected chi connectivity index (χ0v) is 23.6. The standard InChI is InChI=1S/C29H56O6/c1-6-9-20-26(7-2)24-34-29(31)35-27(8-3)21-18-23-33-28(30)32-22-17-15-13-11-10-12-14-16-19-25(4)5/h25-27H,6-24H2,1-5H3. The van der Waals surface area contributed by atoms with Gasteiger partial charge < -0.3 is 18.9 Å². The normalized spacial score (nSPS) is 12.9. The van der Waals surface area contributed by atoms with E-state index in [0.717, 1.165) is 44.4 Å². The molecule has 0 heterocycles. The van der Waals surface area contributed by atoms with E-state index in [1.807, 2.05) is 6.92 Å². The quantitative estimate of drug-likeness (QED) is 0.103. The number of rotatable bonds is 23. The van der Waals surface area contributed by atoms with Crippen molar-refractivity contribution in [1.29, 1.82) is 0 Å². The van der Waals surface area contributed by atoms with Gasteiger partial charge in [-0.05, 0) is 43.9 Å². The number of carbonyl (C=O) groups excluding carboxylic acids is 2. The molecule has 35 heavy (non-hydrogen) atoms. The molecular formula is C29H56O6. The maximum atomic E-state index is 12.0. The SMILES string of the molecule is CCCCC(CC)COC(=O)OC(CC)CCCOC(=O)OCCCCCCCCCCC(C)C. The Morgan fingerprint density at radius 1 is 0.600 bits per heavy atom. The summed E-state index contributed by atoms with van der Waals surface area (Å²) in [6, 6.07) is 0. The molecule has 0 aromatic carbocycles. The number of hydrogen-bond acceptors (Lipinski definition) is 6. The third-order valence-electron chi connectivity index (χ3n) is 6.48. The second kappa shape index (κ2) is 24.2. The van der Waals surface area contributed by atoms with E-state index in [2.05, 4.69) is 27.7 Å². The maximum absolute atomic E-state index is 12.0. The Kier molecular flexibility index (Phi) is 23.2. The largest absolute Gasteiger partial charge is 0.508 e. The van der Waals surface area contributed by atoms with Crippen molar-refractivity contribution in [2.24, 2.45) is 11.8 Å². The van der Waals surface area contributed by atoms with Gasteiger partial charge in [0.15, 0.2) is 0 Å². The molecule has 0 aliphatic heterocycles. The lowest BCUT2D eigenvalue weighted by Crippen LogP contribution is -2.21. The minimum absolute atomic E-state index is 0.229. The van der Waals surface area contributed by atoms with Crippen LogP contribution < -0.4 is 0 Å². The van der Waals surface area contributed by atoms with Gasteiger partial charge in [-0.25, -0.2) is 9.59 Å². The van der Waals surface area contributed by atoms with E-state index >= 15 is 0 Å². The van der Waals surface area contributed by atoms with Gasteiger partial charge in [0.25, 0.3) is 0 Å². The molecule has 208 valence electrons. The number of carbonyl (C=O) groups is 2. The highest BCUT2D eigenvalue weighted by molar-refractivity contribution is 5.60. The zero-order chi connectivity index (χ0) is 26.2. The van der Waals surface area contributed by atoms with Crippen LogP contribution in [0, 0.1) is 11.8 Å². The van der Waals surface area contributed by atoms with Crippen molar-refractivity contribution in [2.45, 2.75) is 143 Å². The number of hydrogen-bond donors (Lipinski definition) is 0. The summed E-state index contributed by atoms with van der Waals surface area (Å²) < 4.78 is 21.0. The van der Waals surface area contributed by atoms with Crippen LogP contribution in [-0.4, -0.2) is 38.2 Å². The molecule has 0 aliphatic carbocycles. The Morgan fingerprint density at radius 3 is 1.77 bits per heavy atom. The van der Waals surface area contributed by atoms with Gasteiger partial charge in [-0.15, -0.1) is 0 Å². The molecule has 6 heteroatoms. The van der Waals surface area contributed by atoms with Gasteiger partial charge >= 0.3 is 12.3 Å². The van der Waals surface area contributed by atoms with Crippen LogP contribution in [0.25, 0.3) is 0 Å². The molecule has 2 unspecified atom stereocenters. The van der Waals surface area contributed by atoms with Gasteiger partial charge in [0.2, 0.25) is 0 Å². The lowest BCUT2D eigenvalue weighted by atomic mass is 10.0. The van der Waals surface area contributed by atoms with Crippen LogP contribution in [0.1, 0.15) is 137 Å². The minimum atomic E-state index is -0.610. The van der Waals surface area contributed by atoms with Crippen molar-refractivity contribution < 1.29 is 28.5 Å². The average Bonchev–Trinajstić information content (AvgIpc) is 2.84. The zero-order valence-electron chi connectivity index (χ0n) is 23.6. The predicted octanol–water partition coefficient (Wildman–Crippen LogP) is 9.23. The van der Waals surface area contributed by atoms with Gasteiger partial charge in [0.1, 0.15) is 6.10 Å². The van der Waals surface area contributed by atoms with Gasteiger partial charge in [-0.2, -0.15) is 0 Å². The highest BCUT2D eigenvalue weighted by atomic mass is 16.7. The summed E-state index contributed by atoms with van der Waals surface area (Å²) in [6.45, 7) is 11.9. The molecule has 0 aromatic heterocycles. The van der Waals surface area contributed by atoms with Gasteiger partial charge in [-0.3, -0.25) is 0 Å². The van der Waals surface area contributed by atoms with Gasteiger partial charge in [0.05, 0.1) is 19.8 Å². The summed E-state index contributed by atoms with van der Waals surface area (Å²) in [6.07, 6.45) is 16.0. The van der Waals surface area contributed by atoms with Crippen LogP contribution in [0.2, 0.25) is 0 Å². The Balaban J connectivity index is 3.66.